The molecular formula is C14H18FN3O. The summed E-state index contributed by atoms with van der Waals surface area (Å²) in [6, 6.07) is 3.73. The van der Waals surface area contributed by atoms with Crippen molar-refractivity contribution in [2.24, 2.45) is 0 Å². The summed E-state index contributed by atoms with van der Waals surface area (Å²) in [5, 5.41) is 7.96. The molecule has 0 aliphatic carbocycles. The fourth-order valence-corrected chi connectivity index (χ4v) is 2.69. The van der Waals surface area contributed by atoms with Gasteiger partial charge >= 0.3 is 0 Å². The Morgan fingerprint density at radius 2 is 2.11 bits per heavy atom. The van der Waals surface area contributed by atoms with Crippen molar-refractivity contribution in [2.45, 2.75) is 25.8 Å². The predicted octanol–water partition coefficient (Wildman–Crippen LogP) is 2.63. The number of aromatic nitrogens is 2. The van der Waals surface area contributed by atoms with Crippen LogP contribution in [-0.2, 0) is 4.74 Å². The molecule has 4 nitrogen and oxygen atoms in total. The summed E-state index contributed by atoms with van der Waals surface area (Å²) < 4.78 is 19.6. The lowest BCUT2D eigenvalue weighted by Gasteiger charge is -2.33. The minimum absolute atomic E-state index is 0.215. The first kappa shape index (κ1) is 12.4. The highest BCUT2D eigenvalue weighted by Gasteiger charge is 2.21. The van der Waals surface area contributed by atoms with Crippen molar-refractivity contribution >= 4 is 16.6 Å². The Hall–Kier alpha value is -1.62. The first-order valence-corrected chi connectivity index (χ1v) is 6.61. The first-order chi connectivity index (χ1) is 9.16. The van der Waals surface area contributed by atoms with Crippen molar-refractivity contribution in [3.05, 3.63) is 23.6 Å². The summed E-state index contributed by atoms with van der Waals surface area (Å²) in [6.07, 6.45) is 1.89. The van der Waals surface area contributed by atoms with Gasteiger partial charge in [-0.15, -0.1) is 0 Å². The number of hydrogen-bond donors (Lipinski definition) is 1. The van der Waals surface area contributed by atoms with E-state index in [1.807, 2.05) is 24.9 Å². The zero-order chi connectivity index (χ0) is 13.4. The fourth-order valence-electron chi connectivity index (χ4n) is 2.69. The number of aromatic amines is 1. The van der Waals surface area contributed by atoms with Gasteiger partial charge in [-0.05, 0) is 25.8 Å². The SMILES string of the molecule is Cc1[nH]nc2cc(F)c(N(C)C3CCOCC3)cc12. The van der Waals surface area contributed by atoms with Gasteiger partial charge in [0.1, 0.15) is 5.82 Å². The molecule has 3 rings (SSSR count). The Bertz CT molecular complexity index is 590. The van der Waals surface area contributed by atoms with Crippen molar-refractivity contribution in [1.82, 2.24) is 10.2 Å². The van der Waals surface area contributed by atoms with Crippen molar-refractivity contribution in [1.29, 1.82) is 0 Å². The van der Waals surface area contributed by atoms with E-state index in [2.05, 4.69) is 10.2 Å². The molecule has 1 aliphatic heterocycles. The van der Waals surface area contributed by atoms with Crippen LogP contribution in [0.25, 0.3) is 10.9 Å². The monoisotopic (exact) mass is 263 g/mol. The molecule has 0 bridgehead atoms. The number of halogens is 1. The molecular weight excluding hydrogens is 245 g/mol. The summed E-state index contributed by atoms with van der Waals surface area (Å²) >= 11 is 0. The van der Waals surface area contributed by atoms with E-state index in [1.54, 1.807) is 0 Å². The average molecular weight is 263 g/mol. The van der Waals surface area contributed by atoms with Gasteiger partial charge in [0, 0.05) is 43.4 Å². The molecule has 1 saturated heterocycles. The molecule has 0 amide bonds. The highest BCUT2D eigenvalue weighted by Crippen LogP contribution is 2.29. The number of benzene rings is 1. The van der Waals surface area contributed by atoms with E-state index in [0.717, 1.165) is 37.1 Å². The second kappa shape index (κ2) is 4.81. The van der Waals surface area contributed by atoms with E-state index in [0.29, 0.717) is 17.2 Å². The normalized spacial score (nSPS) is 17.0. The molecule has 1 aromatic carbocycles. The Labute approximate surface area is 111 Å². The van der Waals surface area contributed by atoms with E-state index in [4.69, 9.17) is 4.74 Å². The van der Waals surface area contributed by atoms with Crippen LogP contribution in [0.1, 0.15) is 18.5 Å². The van der Waals surface area contributed by atoms with Crippen LogP contribution in [0.2, 0.25) is 0 Å². The number of aryl methyl sites for hydroxylation is 1. The molecule has 0 radical (unpaired) electrons. The number of hydrogen-bond acceptors (Lipinski definition) is 3. The van der Waals surface area contributed by atoms with Crippen molar-refractivity contribution in [2.75, 3.05) is 25.2 Å². The largest absolute Gasteiger partial charge is 0.381 e. The molecule has 0 unspecified atom stereocenters. The highest BCUT2D eigenvalue weighted by molar-refractivity contribution is 5.85. The smallest absolute Gasteiger partial charge is 0.148 e. The Morgan fingerprint density at radius 1 is 1.37 bits per heavy atom. The zero-order valence-electron chi connectivity index (χ0n) is 11.2. The van der Waals surface area contributed by atoms with Crippen LogP contribution in [0.3, 0.4) is 0 Å². The van der Waals surface area contributed by atoms with Gasteiger partial charge in [0.2, 0.25) is 0 Å². The van der Waals surface area contributed by atoms with Crippen LogP contribution in [-0.4, -0.2) is 36.5 Å². The summed E-state index contributed by atoms with van der Waals surface area (Å²) in [6.45, 7) is 3.46. The standard InChI is InChI=1S/C14H18FN3O/c1-9-11-7-14(12(15)8-13(11)17-16-9)18(2)10-3-5-19-6-4-10/h7-8,10H,3-6H2,1-2H3,(H,16,17). The molecule has 1 N–H and O–H groups in total. The van der Waals surface area contributed by atoms with Gasteiger partial charge in [-0.3, -0.25) is 5.10 Å². The Morgan fingerprint density at radius 3 is 2.84 bits per heavy atom. The van der Waals surface area contributed by atoms with Gasteiger partial charge in [-0.2, -0.15) is 5.10 Å². The van der Waals surface area contributed by atoms with Crippen molar-refractivity contribution < 1.29 is 9.13 Å². The van der Waals surface area contributed by atoms with E-state index in [1.165, 1.54) is 6.07 Å². The summed E-state index contributed by atoms with van der Waals surface area (Å²) in [5.41, 5.74) is 2.29. The number of nitrogens with zero attached hydrogens (tertiary/aromatic N) is 2. The van der Waals surface area contributed by atoms with Crippen LogP contribution in [0.4, 0.5) is 10.1 Å². The molecule has 2 aromatic rings. The molecule has 0 saturated carbocycles. The number of H-pyrrole nitrogens is 1. The van der Waals surface area contributed by atoms with Crippen molar-refractivity contribution in [3.8, 4) is 0 Å². The lowest BCUT2D eigenvalue weighted by Crippen LogP contribution is -2.37. The summed E-state index contributed by atoms with van der Waals surface area (Å²) in [7, 11) is 1.95. The molecule has 2 heterocycles. The molecule has 0 atom stereocenters. The predicted molar refractivity (Wildman–Crippen MR) is 73.0 cm³/mol. The third-order valence-electron chi connectivity index (χ3n) is 3.93. The quantitative estimate of drug-likeness (QED) is 0.905. The lowest BCUT2D eigenvalue weighted by molar-refractivity contribution is 0.0854. The molecule has 5 heteroatoms. The topological polar surface area (TPSA) is 41.2 Å². The Balaban J connectivity index is 1.98. The lowest BCUT2D eigenvalue weighted by atomic mass is 10.1. The highest BCUT2D eigenvalue weighted by atomic mass is 19.1. The maximum Gasteiger partial charge on any atom is 0.148 e. The van der Waals surface area contributed by atoms with Gasteiger partial charge in [0.25, 0.3) is 0 Å². The van der Waals surface area contributed by atoms with Crippen LogP contribution in [0, 0.1) is 12.7 Å². The molecule has 102 valence electrons. The third-order valence-corrected chi connectivity index (χ3v) is 3.93. The zero-order valence-corrected chi connectivity index (χ0v) is 11.2. The maximum absolute atomic E-state index is 14.2. The van der Waals surface area contributed by atoms with Crippen LogP contribution < -0.4 is 4.90 Å². The number of nitrogens with one attached hydrogen (secondary N) is 1. The second-order valence-corrected chi connectivity index (χ2v) is 5.12. The molecule has 19 heavy (non-hydrogen) atoms. The Kier molecular flexibility index (Phi) is 3.14. The van der Waals surface area contributed by atoms with Gasteiger partial charge in [0.05, 0.1) is 11.2 Å². The molecule has 1 fully saturated rings. The van der Waals surface area contributed by atoms with E-state index in [9.17, 15) is 4.39 Å². The maximum atomic E-state index is 14.2. The number of fused-ring (bicyclic) bond motifs is 1. The summed E-state index contributed by atoms with van der Waals surface area (Å²) in [5.74, 6) is -0.215. The van der Waals surface area contributed by atoms with Gasteiger partial charge in [-0.1, -0.05) is 0 Å². The van der Waals surface area contributed by atoms with Gasteiger partial charge in [0.15, 0.2) is 0 Å². The number of anilines is 1. The van der Waals surface area contributed by atoms with Crippen molar-refractivity contribution in [3.63, 3.8) is 0 Å². The third kappa shape index (κ3) is 2.18. The average Bonchev–Trinajstić information content (AvgIpc) is 2.79. The summed E-state index contributed by atoms with van der Waals surface area (Å²) in [4.78, 5) is 2.03. The van der Waals surface area contributed by atoms with E-state index >= 15 is 0 Å². The van der Waals surface area contributed by atoms with Gasteiger partial charge < -0.3 is 9.64 Å². The minimum Gasteiger partial charge on any atom is -0.381 e. The molecule has 0 spiro atoms. The van der Waals surface area contributed by atoms with Crippen LogP contribution in [0.5, 0.6) is 0 Å². The first-order valence-electron chi connectivity index (χ1n) is 6.61. The second-order valence-electron chi connectivity index (χ2n) is 5.12. The van der Waals surface area contributed by atoms with E-state index in [-0.39, 0.29) is 5.82 Å². The number of ether oxygens (including phenoxy) is 1. The van der Waals surface area contributed by atoms with Crippen LogP contribution in [0.15, 0.2) is 12.1 Å². The molecule has 1 aliphatic rings. The fraction of sp³-hybridized carbons (Fsp3) is 0.500. The number of rotatable bonds is 2. The van der Waals surface area contributed by atoms with Crippen LogP contribution >= 0.6 is 0 Å². The minimum atomic E-state index is -0.215. The van der Waals surface area contributed by atoms with E-state index < -0.39 is 0 Å². The van der Waals surface area contributed by atoms with Gasteiger partial charge in [-0.25, -0.2) is 4.39 Å². The molecule has 1 aromatic heterocycles.